The van der Waals surface area contributed by atoms with Gasteiger partial charge in [0.15, 0.2) is 0 Å². The normalized spacial score (nSPS) is 21.1. The van der Waals surface area contributed by atoms with E-state index in [0.717, 1.165) is 64.3 Å². The predicted molar refractivity (Wildman–Crippen MR) is 113 cm³/mol. The van der Waals surface area contributed by atoms with Gasteiger partial charge in [-0.05, 0) is 55.6 Å². The van der Waals surface area contributed by atoms with Gasteiger partial charge in [0.05, 0.1) is 10.6 Å². The van der Waals surface area contributed by atoms with Gasteiger partial charge in [0.2, 0.25) is 0 Å². The fourth-order valence-corrected chi connectivity index (χ4v) is 5.32. The van der Waals surface area contributed by atoms with E-state index in [2.05, 4.69) is 16.5 Å². The van der Waals surface area contributed by atoms with E-state index in [4.69, 9.17) is 16.3 Å². The van der Waals surface area contributed by atoms with Crippen LogP contribution in [-0.4, -0.2) is 48.8 Å². The molecule has 2 aliphatic rings. The quantitative estimate of drug-likeness (QED) is 0.665. The third kappa shape index (κ3) is 5.86. The van der Waals surface area contributed by atoms with Crippen LogP contribution in [-0.2, 0) is 4.74 Å². The lowest BCUT2D eigenvalue weighted by Crippen LogP contribution is -2.46. The van der Waals surface area contributed by atoms with Gasteiger partial charge >= 0.3 is 0 Å². The number of nitrogens with zero attached hydrogens (tertiary/aromatic N) is 1. The Hall–Kier alpha value is -0.750. The van der Waals surface area contributed by atoms with Crippen molar-refractivity contribution in [3.8, 4) is 0 Å². The number of ether oxygens (including phenoxy) is 1. The molecule has 3 rings (SSSR count). The minimum atomic E-state index is -0.0580. The van der Waals surface area contributed by atoms with Crippen LogP contribution >= 0.6 is 23.5 Å². The highest BCUT2D eigenvalue weighted by Crippen LogP contribution is 2.41. The Morgan fingerprint density at radius 2 is 2.00 bits per heavy atom. The molecule has 1 amide bonds. The first-order chi connectivity index (χ1) is 13.1. The van der Waals surface area contributed by atoms with Gasteiger partial charge in [0, 0.05) is 38.6 Å². The third-order valence-corrected chi connectivity index (χ3v) is 7.22. The number of amides is 1. The molecule has 1 aromatic rings. The maximum atomic E-state index is 12.7. The highest BCUT2D eigenvalue weighted by Gasteiger charge is 2.37. The highest BCUT2D eigenvalue weighted by atomic mass is 35.5. The average Bonchev–Trinajstić information content (AvgIpc) is 2.69. The summed E-state index contributed by atoms with van der Waals surface area (Å²) in [6, 6.07) is 7.28. The van der Waals surface area contributed by atoms with E-state index in [1.54, 1.807) is 12.1 Å². The first-order valence-corrected chi connectivity index (χ1v) is 11.4. The lowest BCUT2D eigenvalue weighted by Gasteiger charge is -2.44. The van der Waals surface area contributed by atoms with Crippen LogP contribution < -0.4 is 5.32 Å². The standard InChI is InChI=1S/C21H31ClN2O2S/c1-2-27-24-11-9-21(10-12-24,15-17-7-13-26-14-8-17)16-23-20(25)18-5-3-4-6-19(18)22/h3-6,17H,2,7-16H2,1H3,(H,23,25). The van der Waals surface area contributed by atoms with Crippen molar-refractivity contribution in [2.24, 2.45) is 11.3 Å². The van der Waals surface area contributed by atoms with Crippen molar-refractivity contribution in [1.29, 1.82) is 0 Å². The summed E-state index contributed by atoms with van der Waals surface area (Å²) in [5.74, 6) is 1.77. The maximum Gasteiger partial charge on any atom is 0.252 e. The highest BCUT2D eigenvalue weighted by molar-refractivity contribution is 7.96. The maximum absolute atomic E-state index is 12.7. The van der Waals surface area contributed by atoms with Crippen molar-refractivity contribution in [3.05, 3.63) is 34.9 Å². The molecule has 1 aromatic carbocycles. The van der Waals surface area contributed by atoms with E-state index in [9.17, 15) is 4.79 Å². The van der Waals surface area contributed by atoms with E-state index in [1.807, 2.05) is 24.1 Å². The zero-order valence-electron chi connectivity index (χ0n) is 16.2. The fourth-order valence-electron chi connectivity index (χ4n) is 4.30. The first kappa shape index (κ1) is 21.0. The van der Waals surface area contributed by atoms with Crippen molar-refractivity contribution in [2.75, 3.05) is 38.6 Å². The summed E-state index contributed by atoms with van der Waals surface area (Å²) in [5.41, 5.74) is 0.753. The summed E-state index contributed by atoms with van der Waals surface area (Å²) in [4.78, 5) is 12.7. The summed E-state index contributed by atoms with van der Waals surface area (Å²) >= 11 is 8.13. The molecule has 0 saturated carbocycles. The second kappa shape index (κ2) is 10.1. The predicted octanol–water partition coefficient (Wildman–Crippen LogP) is 4.64. The minimum absolute atomic E-state index is 0.0580. The van der Waals surface area contributed by atoms with E-state index in [-0.39, 0.29) is 11.3 Å². The van der Waals surface area contributed by atoms with Gasteiger partial charge in [-0.2, -0.15) is 0 Å². The van der Waals surface area contributed by atoms with E-state index in [0.29, 0.717) is 16.5 Å². The van der Waals surface area contributed by atoms with Crippen LogP contribution in [0.15, 0.2) is 24.3 Å². The van der Waals surface area contributed by atoms with Crippen molar-refractivity contribution in [3.63, 3.8) is 0 Å². The van der Waals surface area contributed by atoms with E-state index in [1.165, 1.54) is 6.42 Å². The molecular weight excluding hydrogens is 380 g/mol. The molecular formula is C21H31ClN2O2S. The molecule has 0 unspecified atom stereocenters. The molecule has 2 saturated heterocycles. The van der Waals surface area contributed by atoms with Crippen molar-refractivity contribution in [1.82, 2.24) is 9.62 Å². The summed E-state index contributed by atoms with van der Waals surface area (Å²) in [6.07, 6.45) is 5.76. The number of benzene rings is 1. The molecule has 4 nitrogen and oxygen atoms in total. The second-order valence-corrected chi connectivity index (χ2v) is 9.53. The Morgan fingerprint density at radius 3 is 2.67 bits per heavy atom. The number of carbonyl (C=O) groups is 1. The minimum Gasteiger partial charge on any atom is -0.381 e. The first-order valence-electron chi connectivity index (χ1n) is 10.1. The molecule has 1 N–H and O–H groups in total. The Bertz CT molecular complexity index is 614. The summed E-state index contributed by atoms with van der Waals surface area (Å²) in [7, 11) is 0. The van der Waals surface area contributed by atoms with Gasteiger partial charge in [0.25, 0.3) is 5.91 Å². The lowest BCUT2D eigenvalue weighted by atomic mass is 9.71. The van der Waals surface area contributed by atoms with Crippen LogP contribution in [0.25, 0.3) is 0 Å². The van der Waals surface area contributed by atoms with Crippen LogP contribution in [0.4, 0.5) is 0 Å². The molecule has 0 atom stereocenters. The Morgan fingerprint density at radius 1 is 1.30 bits per heavy atom. The van der Waals surface area contributed by atoms with Gasteiger partial charge in [0.1, 0.15) is 0 Å². The monoisotopic (exact) mass is 410 g/mol. The zero-order chi connectivity index (χ0) is 19.1. The molecule has 27 heavy (non-hydrogen) atoms. The molecule has 0 bridgehead atoms. The van der Waals surface area contributed by atoms with Gasteiger partial charge in [-0.25, -0.2) is 0 Å². The summed E-state index contributed by atoms with van der Waals surface area (Å²) in [5, 5.41) is 3.72. The number of hydrogen-bond donors (Lipinski definition) is 1. The SMILES string of the molecule is CCSN1CCC(CNC(=O)c2ccccc2Cl)(CC2CCOCC2)CC1. The average molecular weight is 411 g/mol. The Kier molecular flexibility index (Phi) is 7.88. The van der Waals surface area contributed by atoms with Gasteiger partial charge in [-0.3, -0.25) is 9.10 Å². The Labute approximate surface area is 172 Å². The molecule has 0 aromatic heterocycles. The fraction of sp³-hybridized carbons (Fsp3) is 0.667. The van der Waals surface area contributed by atoms with Crippen molar-refractivity contribution < 1.29 is 9.53 Å². The number of halogens is 1. The third-order valence-electron chi connectivity index (χ3n) is 5.90. The number of carbonyl (C=O) groups excluding carboxylic acids is 1. The van der Waals surface area contributed by atoms with Crippen LogP contribution in [0.5, 0.6) is 0 Å². The number of nitrogens with one attached hydrogen (secondary N) is 1. The summed E-state index contributed by atoms with van der Waals surface area (Å²) in [6.45, 7) is 6.90. The van der Waals surface area contributed by atoms with Crippen LogP contribution in [0.2, 0.25) is 5.02 Å². The van der Waals surface area contributed by atoms with Gasteiger partial charge in [-0.1, -0.05) is 42.6 Å². The van der Waals surface area contributed by atoms with E-state index < -0.39 is 0 Å². The van der Waals surface area contributed by atoms with Crippen LogP contribution in [0.3, 0.4) is 0 Å². The van der Waals surface area contributed by atoms with Gasteiger partial charge in [-0.15, -0.1) is 0 Å². The molecule has 0 radical (unpaired) electrons. The number of piperidine rings is 1. The second-order valence-electron chi connectivity index (χ2n) is 7.77. The number of rotatable bonds is 7. The topological polar surface area (TPSA) is 41.6 Å². The molecule has 6 heteroatoms. The van der Waals surface area contributed by atoms with Gasteiger partial charge < -0.3 is 10.1 Å². The molecule has 2 fully saturated rings. The molecule has 0 spiro atoms. The number of hydrogen-bond acceptors (Lipinski definition) is 4. The van der Waals surface area contributed by atoms with E-state index >= 15 is 0 Å². The zero-order valence-corrected chi connectivity index (χ0v) is 17.8. The smallest absolute Gasteiger partial charge is 0.252 e. The van der Waals surface area contributed by atoms with Crippen LogP contribution in [0.1, 0.15) is 49.4 Å². The largest absolute Gasteiger partial charge is 0.381 e. The molecule has 2 aliphatic heterocycles. The van der Waals surface area contributed by atoms with Crippen molar-refractivity contribution in [2.45, 2.75) is 39.0 Å². The van der Waals surface area contributed by atoms with Crippen molar-refractivity contribution >= 4 is 29.5 Å². The lowest BCUT2D eigenvalue weighted by molar-refractivity contribution is 0.0341. The molecule has 0 aliphatic carbocycles. The molecule has 2 heterocycles. The Balaban J connectivity index is 1.64. The molecule has 150 valence electrons. The summed E-state index contributed by atoms with van der Waals surface area (Å²) < 4.78 is 8.03. The van der Waals surface area contributed by atoms with Crippen LogP contribution in [0, 0.1) is 11.3 Å².